The second kappa shape index (κ2) is 5.71. The Kier molecular flexibility index (Phi) is 4.40. The Labute approximate surface area is 126 Å². The van der Waals surface area contributed by atoms with Crippen molar-refractivity contribution in [2.24, 2.45) is 0 Å². The molecule has 0 spiro atoms. The Hall–Kier alpha value is -0.750. The van der Waals surface area contributed by atoms with Crippen LogP contribution in [0.3, 0.4) is 0 Å². The average molecular weight is 336 g/mol. The number of nitrogens with zero attached hydrogens (tertiary/aromatic N) is 1. The number of benzene rings is 1. The summed E-state index contributed by atoms with van der Waals surface area (Å²) in [6, 6.07) is 8.02. The van der Waals surface area contributed by atoms with E-state index in [0.29, 0.717) is 26.5 Å². The molecule has 7 heteroatoms. The molecular formula is C12H11Cl2NO2S2. The maximum Gasteiger partial charge on any atom is 0.273 e. The molecule has 1 aromatic carbocycles. The van der Waals surface area contributed by atoms with Gasteiger partial charge in [0.2, 0.25) is 0 Å². The third kappa shape index (κ3) is 3.05. The van der Waals surface area contributed by atoms with Gasteiger partial charge in [-0.05, 0) is 36.6 Å². The van der Waals surface area contributed by atoms with Gasteiger partial charge in [-0.25, -0.2) is 8.42 Å². The SMILES string of the molecule is CCN(c1cc(Cl)cc(Cl)c1)S(=O)(=O)c1cccs1. The van der Waals surface area contributed by atoms with Gasteiger partial charge in [-0.3, -0.25) is 4.31 Å². The first-order chi connectivity index (χ1) is 8.95. The van der Waals surface area contributed by atoms with Gasteiger partial charge in [0.05, 0.1) is 5.69 Å². The van der Waals surface area contributed by atoms with Crippen LogP contribution >= 0.6 is 34.5 Å². The van der Waals surface area contributed by atoms with E-state index in [2.05, 4.69) is 0 Å². The summed E-state index contributed by atoms with van der Waals surface area (Å²) in [7, 11) is -3.56. The second-order valence-corrected chi connectivity index (χ2v) is 7.64. The highest BCUT2D eigenvalue weighted by atomic mass is 35.5. The lowest BCUT2D eigenvalue weighted by atomic mass is 10.3. The van der Waals surface area contributed by atoms with Gasteiger partial charge in [0.15, 0.2) is 0 Å². The quantitative estimate of drug-likeness (QED) is 0.836. The molecule has 0 unspecified atom stereocenters. The molecule has 0 amide bonds. The molecule has 0 saturated heterocycles. The molecule has 2 rings (SSSR count). The molecule has 1 heterocycles. The van der Waals surface area contributed by atoms with Crippen LogP contribution in [-0.2, 0) is 10.0 Å². The van der Waals surface area contributed by atoms with Crippen LogP contribution in [0.25, 0.3) is 0 Å². The van der Waals surface area contributed by atoms with Crippen molar-refractivity contribution in [2.45, 2.75) is 11.1 Å². The molecular weight excluding hydrogens is 325 g/mol. The third-order valence-electron chi connectivity index (χ3n) is 2.46. The van der Waals surface area contributed by atoms with Gasteiger partial charge in [0, 0.05) is 16.6 Å². The van der Waals surface area contributed by atoms with E-state index in [-0.39, 0.29) is 0 Å². The highest BCUT2D eigenvalue weighted by molar-refractivity contribution is 7.94. The fourth-order valence-corrected chi connectivity index (χ4v) is 4.77. The average Bonchev–Trinajstić information content (AvgIpc) is 2.81. The Bertz CT molecular complexity index is 649. The molecule has 0 N–H and O–H groups in total. The molecule has 19 heavy (non-hydrogen) atoms. The summed E-state index contributed by atoms with van der Waals surface area (Å²) in [6.07, 6.45) is 0. The van der Waals surface area contributed by atoms with Crippen molar-refractivity contribution >= 4 is 50.2 Å². The van der Waals surface area contributed by atoms with Crippen molar-refractivity contribution in [1.29, 1.82) is 0 Å². The molecule has 0 saturated carbocycles. The molecule has 0 aliphatic carbocycles. The lowest BCUT2D eigenvalue weighted by Crippen LogP contribution is -2.30. The summed E-state index contributed by atoms with van der Waals surface area (Å²) in [6.45, 7) is 2.07. The van der Waals surface area contributed by atoms with Gasteiger partial charge in [0.1, 0.15) is 4.21 Å². The van der Waals surface area contributed by atoms with Gasteiger partial charge in [0.25, 0.3) is 10.0 Å². The Morgan fingerprint density at radius 1 is 1.21 bits per heavy atom. The molecule has 0 fully saturated rings. The van der Waals surface area contributed by atoms with E-state index < -0.39 is 10.0 Å². The molecule has 0 radical (unpaired) electrons. The normalized spacial score (nSPS) is 11.5. The van der Waals surface area contributed by atoms with Gasteiger partial charge >= 0.3 is 0 Å². The number of hydrogen-bond donors (Lipinski definition) is 0. The smallest absolute Gasteiger partial charge is 0.266 e. The number of sulfonamides is 1. The predicted octanol–water partition coefficient (Wildman–Crippen LogP) is 4.27. The molecule has 0 aliphatic rings. The standard InChI is InChI=1S/C12H11Cl2NO2S2/c1-2-15(11-7-9(13)6-10(14)8-11)19(16,17)12-4-3-5-18-12/h3-8H,2H2,1H3. The van der Waals surface area contributed by atoms with Gasteiger partial charge in [-0.2, -0.15) is 0 Å². The molecule has 2 aromatic rings. The zero-order valence-electron chi connectivity index (χ0n) is 10.0. The van der Waals surface area contributed by atoms with E-state index in [1.54, 1.807) is 42.6 Å². The maximum absolute atomic E-state index is 12.5. The van der Waals surface area contributed by atoms with E-state index >= 15 is 0 Å². The largest absolute Gasteiger partial charge is 0.273 e. The van der Waals surface area contributed by atoms with Crippen LogP contribution in [0.2, 0.25) is 10.0 Å². The van der Waals surface area contributed by atoms with E-state index in [1.807, 2.05) is 0 Å². The van der Waals surface area contributed by atoms with E-state index in [9.17, 15) is 8.42 Å². The Balaban J connectivity index is 2.51. The van der Waals surface area contributed by atoms with E-state index in [4.69, 9.17) is 23.2 Å². The molecule has 0 bridgehead atoms. The molecule has 0 aliphatic heterocycles. The summed E-state index contributed by atoms with van der Waals surface area (Å²) in [4.78, 5) is 0. The Morgan fingerprint density at radius 2 is 1.84 bits per heavy atom. The highest BCUT2D eigenvalue weighted by Crippen LogP contribution is 2.30. The van der Waals surface area contributed by atoms with Crippen molar-refractivity contribution in [3.63, 3.8) is 0 Å². The molecule has 1 aromatic heterocycles. The van der Waals surface area contributed by atoms with Crippen molar-refractivity contribution in [3.05, 3.63) is 45.8 Å². The van der Waals surface area contributed by atoms with Crippen LogP contribution in [0.4, 0.5) is 5.69 Å². The minimum atomic E-state index is -3.56. The first-order valence-corrected chi connectivity index (χ1v) is 8.55. The summed E-state index contributed by atoms with van der Waals surface area (Å²) in [5, 5.41) is 2.54. The fourth-order valence-electron chi connectivity index (χ4n) is 1.69. The van der Waals surface area contributed by atoms with Gasteiger partial charge < -0.3 is 0 Å². The van der Waals surface area contributed by atoms with Crippen LogP contribution in [0.1, 0.15) is 6.92 Å². The minimum absolute atomic E-state index is 0.297. The van der Waals surface area contributed by atoms with Crippen LogP contribution in [0.15, 0.2) is 39.9 Å². The predicted molar refractivity (Wildman–Crippen MR) is 81.0 cm³/mol. The van der Waals surface area contributed by atoms with Crippen molar-refractivity contribution < 1.29 is 8.42 Å². The van der Waals surface area contributed by atoms with Crippen molar-refractivity contribution in [3.8, 4) is 0 Å². The first kappa shape index (κ1) is 14.7. The summed E-state index contributed by atoms with van der Waals surface area (Å²) in [5.74, 6) is 0. The van der Waals surface area contributed by atoms with Crippen LogP contribution in [0, 0.1) is 0 Å². The summed E-state index contributed by atoms with van der Waals surface area (Å²) in [5.41, 5.74) is 0.466. The maximum atomic E-state index is 12.5. The summed E-state index contributed by atoms with van der Waals surface area (Å²) >= 11 is 13.0. The monoisotopic (exact) mass is 335 g/mol. The topological polar surface area (TPSA) is 37.4 Å². The number of rotatable bonds is 4. The minimum Gasteiger partial charge on any atom is -0.266 e. The highest BCUT2D eigenvalue weighted by Gasteiger charge is 2.24. The first-order valence-electron chi connectivity index (χ1n) is 5.47. The van der Waals surface area contributed by atoms with Crippen LogP contribution in [0.5, 0.6) is 0 Å². The van der Waals surface area contributed by atoms with Crippen LogP contribution < -0.4 is 4.31 Å². The number of hydrogen-bond acceptors (Lipinski definition) is 3. The summed E-state index contributed by atoms with van der Waals surface area (Å²) < 4.78 is 26.6. The lowest BCUT2D eigenvalue weighted by molar-refractivity contribution is 0.594. The van der Waals surface area contributed by atoms with Crippen LogP contribution in [-0.4, -0.2) is 15.0 Å². The van der Waals surface area contributed by atoms with E-state index in [1.165, 1.54) is 15.6 Å². The fraction of sp³-hybridized carbons (Fsp3) is 0.167. The molecule has 3 nitrogen and oxygen atoms in total. The van der Waals surface area contributed by atoms with Gasteiger partial charge in [-0.1, -0.05) is 29.3 Å². The van der Waals surface area contributed by atoms with Crippen molar-refractivity contribution in [1.82, 2.24) is 0 Å². The lowest BCUT2D eigenvalue weighted by Gasteiger charge is -2.22. The second-order valence-electron chi connectivity index (χ2n) is 3.73. The number of halogens is 2. The van der Waals surface area contributed by atoms with Gasteiger partial charge in [-0.15, -0.1) is 11.3 Å². The molecule has 102 valence electrons. The van der Waals surface area contributed by atoms with Crippen molar-refractivity contribution in [2.75, 3.05) is 10.8 Å². The number of thiophene rings is 1. The molecule has 0 atom stereocenters. The third-order valence-corrected chi connectivity index (χ3v) is 6.17. The van der Waals surface area contributed by atoms with E-state index in [0.717, 1.165) is 0 Å². The zero-order chi connectivity index (χ0) is 14.0. The Morgan fingerprint density at radius 3 is 2.32 bits per heavy atom. The number of anilines is 1. The zero-order valence-corrected chi connectivity index (χ0v) is 13.2.